The second-order valence-corrected chi connectivity index (χ2v) is 18.0. The molecule has 0 aliphatic heterocycles. The summed E-state index contributed by atoms with van der Waals surface area (Å²) in [6.07, 6.45) is 1.34. The Bertz CT molecular complexity index is 1870. The molecule has 0 atom stereocenters. The first-order valence-electron chi connectivity index (χ1n) is 15.0. The summed E-state index contributed by atoms with van der Waals surface area (Å²) < 4.78 is 15.6. The number of ether oxygens (including phenoxy) is 1. The Kier molecular flexibility index (Phi) is 9.90. The van der Waals surface area contributed by atoms with Gasteiger partial charge in [-0.3, -0.25) is 18.8 Å². The maximum Gasteiger partial charge on any atom is 0.332 e. The van der Waals surface area contributed by atoms with Crippen LogP contribution in [0.5, 0.6) is 5.75 Å². The molecular formula is C31H38ClN7O5Si. The topological polar surface area (TPSA) is 131 Å². The first kappa shape index (κ1) is 32.2. The third-order valence-electron chi connectivity index (χ3n) is 7.07. The Hall–Kier alpha value is -4.20. The van der Waals surface area contributed by atoms with Gasteiger partial charge in [-0.15, -0.1) is 0 Å². The van der Waals surface area contributed by atoms with Gasteiger partial charge in [-0.05, 0) is 67.4 Å². The van der Waals surface area contributed by atoms with E-state index in [0.717, 1.165) is 11.6 Å². The summed E-state index contributed by atoms with van der Waals surface area (Å²) in [5.74, 6) is 1.77. The molecule has 0 aliphatic carbocycles. The molecule has 0 bridgehead atoms. The van der Waals surface area contributed by atoms with E-state index in [1.54, 1.807) is 33.5 Å². The number of nitrogens with zero attached hydrogens (tertiary/aromatic N) is 6. The van der Waals surface area contributed by atoms with Gasteiger partial charge < -0.3 is 9.26 Å². The van der Waals surface area contributed by atoms with Crippen LogP contribution in [0, 0.1) is 0 Å². The first-order chi connectivity index (χ1) is 21.6. The molecule has 0 saturated carbocycles. The normalized spacial score (nSPS) is 11.8. The number of imidazole rings is 1. The van der Waals surface area contributed by atoms with Crippen LogP contribution in [0.2, 0.25) is 30.7 Å². The highest BCUT2D eigenvalue weighted by Crippen LogP contribution is 2.25. The van der Waals surface area contributed by atoms with Crippen molar-refractivity contribution in [3.63, 3.8) is 0 Å². The summed E-state index contributed by atoms with van der Waals surface area (Å²) in [7, 11) is -1.36. The summed E-state index contributed by atoms with van der Waals surface area (Å²) in [6.45, 7) is 12.0. The van der Waals surface area contributed by atoms with Crippen LogP contribution in [-0.2, 0) is 24.5 Å². The van der Waals surface area contributed by atoms with Crippen LogP contribution < -0.4 is 21.6 Å². The number of aryl methyl sites for hydroxylation is 1. The Morgan fingerprint density at radius 2 is 1.58 bits per heavy atom. The fraction of sp³-hybridized carbons (Fsp3) is 0.387. The van der Waals surface area contributed by atoms with Gasteiger partial charge >= 0.3 is 5.69 Å². The van der Waals surface area contributed by atoms with E-state index in [2.05, 4.69) is 35.4 Å². The second kappa shape index (κ2) is 13.8. The summed E-state index contributed by atoms with van der Waals surface area (Å²) in [5, 5.41) is 4.64. The summed E-state index contributed by atoms with van der Waals surface area (Å²) >= 11 is 5.97. The highest BCUT2D eigenvalue weighted by molar-refractivity contribution is 6.76. The molecular weight excluding hydrogens is 614 g/mol. The highest BCUT2D eigenvalue weighted by atomic mass is 35.5. The van der Waals surface area contributed by atoms with Crippen molar-refractivity contribution in [2.45, 2.75) is 72.1 Å². The van der Waals surface area contributed by atoms with Gasteiger partial charge in [-0.25, -0.2) is 14.5 Å². The standard InChI is InChI=1S/C31H38ClN7O5Si/c1-6-16-37-29-26(30(40)38(17-7-2)31(37)41)39(36-43-18-19-45(3,4)5)28(34-29)22-10-14-24(15-11-22)42-20-25-33-27(35-44-25)21-8-12-23(32)13-9-21/h8-15,36H,6-7,16-20H2,1-5H3. The molecule has 238 valence electrons. The van der Waals surface area contributed by atoms with Crippen molar-refractivity contribution in [1.29, 1.82) is 0 Å². The minimum absolute atomic E-state index is 0.0746. The zero-order valence-corrected chi connectivity index (χ0v) is 27.9. The minimum atomic E-state index is -1.36. The van der Waals surface area contributed by atoms with Gasteiger partial charge in [0.15, 0.2) is 23.6 Å². The van der Waals surface area contributed by atoms with Crippen LogP contribution in [0.3, 0.4) is 0 Å². The van der Waals surface area contributed by atoms with Crippen molar-refractivity contribution in [2.24, 2.45) is 0 Å². The SMILES string of the molecule is CCCn1c(=O)c2c(nc(-c3ccc(OCc4nc(-c5ccc(Cl)cc5)no4)cc3)n2NOCC[Si](C)(C)C)n(CCC)c1=O. The fourth-order valence-electron chi connectivity index (χ4n) is 4.71. The van der Waals surface area contributed by atoms with Gasteiger partial charge in [0.25, 0.3) is 11.4 Å². The maximum atomic E-state index is 13.7. The third-order valence-corrected chi connectivity index (χ3v) is 9.03. The van der Waals surface area contributed by atoms with Crippen molar-refractivity contribution in [3.8, 4) is 28.5 Å². The van der Waals surface area contributed by atoms with E-state index in [-0.39, 0.29) is 17.8 Å². The lowest BCUT2D eigenvalue weighted by Crippen LogP contribution is -2.41. The largest absolute Gasteiger partial charge is 0.484 e. The van der Waals surface area contributed by atoms with E-state index >= 15 is 0 Å². The zero-order valence-electron chi connectivity index (χ0n) is 26.2. The third kappa shape index (κ3) is 7.38. The lowest BCUT2D eigenvalue weighted by molar-refractivity contribution is 0.170. The molecule has 45 heavy (non-hydrogen) atoms. The van der Waals surface area contributed by atoms with Crippen LogP contribution in [0.25, 0.3) is 33.9 Å². The lowest BCUT2D eigenvalue weighted by atomic mass is 10.2. The van der Waals surface area contributed by atoms with Gasteiger partial charge in [0.2, 0.25) is 5.82 Å². The van der Waals surface area contributed by atoms with Crippen molar-refractivity contribution < 1.29 is 14.1 Å². The number of benzene rings is 2. The van der Waals surface area contributed by atoms with Gasteiger partial charge in [-0.2, -0.15) is 10.6 Å². The van der Waals surface area contributed by atoms with Crippen molar-refractivity contribution in [3.05, 3.63) is 80.3 Å². The van der Waals surface area contributed by atoms with Crippen LogP contribution >= 0.6 is 11.6 Å². The summed E-state index contributed by atoms with van der Waals surface area (Å²) in [6, 6.07) is 15.3. The molecule has 0 unspecified atom stereocenters. The Balaban J connectivity index is 1.44. The van der Waals surface area contributed by atoms with Crippen molar-refractivity contribution in [2.75, 3.05) is 12.2 Å². The van der Waals surface area contributed by atoms with Crippen LogP contribution in [-0.4, -0.2) is 43.6 Å². The fourth-order valence-corrected chi connectivity index (χ4v) is 5.55. The maximum absolute atomic E-state index is 13.7. The number of fused-ring (bicyclic) bond motifs is 1. The Morgan fingerprint density at radius 1 is 0.911 bits per heavy atom. The average Bonchev–Trinajstić information content (AvgIpc) is 3.64. The molecule has 1 N–H and O–H groups in total. The molecule has 3 heterocycles. The molecule has 0 fully saturated rings. The molecule has 0 radical (unpaired) electrons. The van der Waals surface area contributed by atoms with E-state index in [0.29, 0.717) is 72.1 Å². The van der Waals surface area contributed by atoms with E-state index in [1.807, 2.05) is 38.1 Å². The summed E-state index contributed by atoms with van der Waals surface area (Å²) in [5.41, 5.74) is 4.23. The molecule has 14 heteroatoms. The average molecular weight is 652 g/mol. The van der Waals surface area contributed by atoms with E-state index in [1.165, 1.54) is 4.57 Å². The van der Waals surface area contributed by atoms with Gasteiger partial charge in [0.1, 0.15) is 5.75 Å². The smallest absolute Gasteiger partial charge is 0.332 e. The number of hydrogen-bond acceptors (Lipinski definition) is 9. The molecule has 0 aliphatic rings. The van der Waals surface area contributed by atoms with Crippen LogP contribution in [0.15, 0.2) is 62.6 Å². The van der Waals surface area contributed by atoms with E-state index in [9.17, 15) is 9.59 Å². The Morgan fingerprint density at radius 3 is 2.24 bits per heavy atom. The highest BCUT2D eigenvalue weighted by Gasteiger charge is 2.23. The molecule has 5 aromatic rings. The number of hydrogen-bond donors (Lipinski definition) is 1. The minimum Gasteiger partial charge on any atom is -0.484 e. The number of aromatic nitrogens is 6. The molecule has 0 saturated heterocycles. The second-order valence-electron chi connectivity index (χ2n) is 11.9. The quantitative estimate of drug-likeness (QED) is 0.0880. The monoisotopic (exact) mass is 651 g/mol. The lowest BCUT2D eigenvalue weighted by Gasteiger charge is -2.17. The molecule has 3 aromatic heterocycles. The zero-order chi connectivity index (χ0) is 32.1. The molecule has 0 spiro atoms. The predicted molar refractivity (Wildman–Crippen MR) is 177 cm³/mol. The van der Waals surface area contributed by atoms with Crippen LogP contribution in [0.1, 0.15) is 32.6 Å². The van der Waals surface area contributed by atoms with Crippen molar-refractivity contribution in [1.82, 2.24) is 28.9 Å². The van der Waals surface area contributed by atoms with E-state index < -0.39 is 13.6 Å². The number of halogens is 1. The van der Waals surface area contributed by atoms with Gasteiger partial charge in [0.05, 0.1) is 6.61 Å². The predicted octanol–water partition coefficient (Wildman–Crippen LogP) is 5.94. The molecule has 5 rings (SSSR count). The van der Waals surface area contributed by atoms with E-state index in [4.69, 9.17) is 30.7 Å². The summed E-state index contributed by atoms with van der Waals surface area (Å²) in [4.78, 5) is 42.1. The Labute approximate surface area is 266 Å². The number of rotatable bonds is 14. The molecule has 0 amide bonds. The van der Waals surface area contributed by atoms with Gasteiger partial charge in [-0.1, -0.05) is 50.2 Å². The first-order valence-corrected chi connectivity index (χ1v) is 19.1. The molecule has 2 aromatic carbocycles. The van der Waals surface area contributed by atoms with Crippen molar-refractivity contribution >= 4 is 30.8 Å². The van der Waals surface area contributed by atoms with Crippen LogP contribution in [0.4, 0.5) is 0 Å². The molecule has 12 nitrogen and oxygen atoms in total. The van der Waals surface area contributed by atoms with Gasteiger partial charge in [0, 0.05) is 37.3 Å². The number of nitrogens with one attached hydrogen (secondary N) is 1.